The van der Waals surface area contributed by atoms with Gasteiger partial charge in [0, 0.05) is 23.7 Å². The third kappa shape index (κ3) is 2.30. The number of alkyl halides is 6. The van der Waals surface area contributed by atoms with Crippen molar-refractivity contribution in [2.75, 3.05) is 0 Å². The quantitative estimate of drug-likeness (QED) is 0.394. The number of carboxylic acids is 4. The van der Waals surface area contributed by atoms with Crippen molar-refractivity contribution >= 4 is 23.9 Å². The number of ether oxygens (including phenoxy) is 1. The fourth-order valence-electron chi connectivity index (χ4n) is 9.35. The number of halogens is 6. The number of rotatable bonds is 4. The number of carboxylic acid groups (broad SMARTS) is 4. The maximum absolute atomic E-state index is 15.0. The first-order valence-electron chi connectivity index (χ1n) is 11.2. The van der Waals surface area contributed by atoms with Crippen LogP contribution in [0, 0.1) is 47.3 Å². The third-order valence-electron chi connectivity index (χ3n) is 9.71. The molecule has 2 heterocycles. The zero-order chi connectivity index (χ0) is 27.4. The van der Waals surface area contributed by atoms with E-state index in [2.05, 4.69) is 0 Å². The van der Waals surface area contributed by atoms with Crippen molar-refractivity contribution in [1.82, 2.24) is 0 Å². The van der Waals surface area contributed by atoms with E-state index < -0.39 is 130 Å². The lowest BCUT2D eigenvalue weighted by molar-refractivity contribution is -0.329. The van der Waals surface area contributed by atoms with Gasteiger partial charge in [-0.2, -0.15) is 26.3 Å². The van der Waals surface area contributed by atoms with Crippen LogP contribution in [0.2, 0.25) is 0 Å². The standard InChI is InChI=1S/C22H16F6O9/c23-21(24,25)19-11-3-1-4(8(16(31)32)7(3)15(29)30)12(11)20(37-19,22(26,27)28)14-6-2-5(13(14)19)9(17(33)34)10(6)18(35)36/h3-6,11-14H,1-2H2,(H,29,30)(H,31,32)(H,33,34)(H,35,36)/t3-,4+,5+,6-,11-,12+,13+,14-,19?,20?. The molecule has 6 bridgehead atoms. The van der Waals surface area contributed by atoms with E-state index in [9.17, 15) is 39.6 Å². The molecule has 2 aliphatic heterocycles. The van der Waals surface area contributed by atoms with E-state index >= 15 is 26.3 Å². The molecule has 0 aromatic heterocycles. The second kappa shape index (κ2) is 6.48. The first kappa shape index (κ1) is 24.2. The first-order valence-corrected chi connectivity index (χ1v) is 11.2. The van der Waals surface area contributed by atoms with Gasteiger partial charge in [-0.15, -0.1) is 0 Å². The van der Waals surface area contributed by atoms with Gasteiger partial charge >= 0.3 is 36.2 Å². The zero-order valence-electron chi connectivity index (χ0n) is 18.1. The highest BCUT2D eigenvalue weighted by Crippen LogP contribution is 2.84. The lowest BCUT2D eigenvalue weighted by Gasteiger charge is -2.51. The predicted octanol–water partition coefficient (Wildman–Crippen LogP) is 2.33. The Bertz CT molecular complexity index is 1110. The summed E-state index contributed by atoms with van der Waals surface area (Å²) in [5.74, 6) is -23.0. The van der Waals surface area contributed by atoms with Crippen LogP contribution in [0.1, 0.15) is 12.8 Å². The Morgan fingerprint density at radius 3 is 0.946 bits per heavy atom. The van der Waals surface area contributed by atoms with Crippen molar-refractivity contribution in [1.29, 1.82) is 0 Å². The molecule has 2 saturated carbocycles. The minimum atomic E-state index is -5.54. The van der Waals surface area contributed by atoms with E-state index in [1.54, 1.807) is 0 Å². The zero-order valence-corrected chi connectivity index (χ0v) is 18.1. The summed E-state index contributed by atoms with van der Waals surface area (Å²) in [5, 5.41) is 38.6. The van der Waals surface area contributed by atoms with Crippen molar-refractivity contribution in [2.45, 2.75) is 36.4 Å². The van der Waals surface area contributed by atoms with E-state index in [1.165, 1.54) is 0 Å². The van der Waals surface area contributed by atoms with Gasteiger partial charge < -0.3 is 25.2 Å². The summed E-state index contributed by atoms with van der Waals surface area (Å²) in [4.78, 5) is 47.7. The van der Waals surface area contributed by atoms with Gasteiger partial charge in [-0.05, 0) is 36.5 Å². The third-order valence-corrected chi connectivity index (χ3v) is 9.71. The summed E-state index contributed by atoms with van der Waals surface area (Å²) >= 11 is 0. The van der Waals surface area contributed by atoms with E-state index in [-0.39, 0.29) is 0 Å². The summed E-state index contributed by atoms with van der Waals surface area (Å²) in [7, 11) is 0. The Morgan fingerprint density at radius 1 is 0.568 bits per heavy atom. The summed E-state index contributed by atoms with van der Waals surface area (Å²) in [6, 6.07) is 0. The average Bonchev–Trinajstić information content (AvgIpc) is 3.54. The van der Waals surface area contributed by atoms with Crippen molar-refractivity contribution in [3.63, 3.8) is 0 Å². The van der Waals surface area contributed by atoms with Crippen LogP contribution < -0.4 is 0 Å². The Kier molecular flexibility index (Phi) is 4.24. The predicted molar refractivity (Wildman–Crippen MR) is 100 cm³/mol. The van der Waals surface area contributed by atoms with Gasteiger partial charge in [0.05, 0.1) is 22.3 Å². The Labute approximate surface area is 201 Å². The summed E-state index contributed by atoms with van der Waals surface area (Å²) in [6.07, 6.45) is -12.3. The van der Waals surface area contributed by atoms with Crippen molar-refractivity contribution < 1.29 is 70.7 Å². The Hall–Kier alpha value is -3.10. The second-order valence-corrected chi connectivity index (χ2v) is 10.6. The summed E-state index contributed by atoms with van der Waals surface area (Å²) < 4.78 is 95.4. The molecule has 0 radical (unpaired) electrons. The molecule has 6 aliphatic rings. The summed E-state index contributed by atoms with van der Waals surface area (Å²) in [6.45, 7) is 0. The van der Waals surface area contributed by atoms with Gasteiger partial charge in [-0.25, -0.2) is 19.2 Å². The highest BCUT2D eigenvalue weighted by atomic mass is 19.4. The average molecular weight is 538 g/mol. The molecule has 2 unspecified atom stereocenters. The Morgan fingerprint density at radius 2 is 0.784 bits per heavy atom. The minimum Gasteiger partial charge on any atom is -0.478 e. The molecule has 0 aromatic carbocycles. The highest BCUT2D eigenvalue weighted by molar-refractivity contribution is 6.02. The second-order valence-electron chi connectivity index (χ2n) is 10.6. The number of carbonyl (C=O) groups is 4. The molecule has 37 heavy (non-hydrogen) atoms. The topological polar surface area (TPSA) is 158 Å². The molecule has 200 valence electrons. The largest absolute Gasteiger partial charge is 0.478 e. The van der Waals surface area contributed by atoms with Crippen LogP contribution in [0.5, 0.6) is 0 Å². The van der Waals surface area contributed by atoms with Gasteiger partial charge in [0.2, 0.25) is 0 Å². The SMILES string of the molecule is O=C(O)C1=C(C(=O)O)[C@@H]2C[C@H]1[C@@H]1[C@H]2C2(C(F)(F)F)OC1(C(F)(F)F)[C@@H]1[C@H]2[C@@H]2C[C@H]1C(C(=O)O)=C2C(=O)O. The van der Waals surface area contributed by atoms with Gasteiger partial charge in [0.1, 0.15) is 0 Å². The van der Waals surface area contributed by atoms with E-state index in [0.717, 1.165) is 0 Å². The molecule has 0 spiro atoms. The monoisotopic (exact) mass is 538 g/mol. The van der Waals surface area contributed by atoms with Gasteiger partial charge in [0.15, 0.2) is 11.2 Å². The molecule has 4 fully saturated rings. The van der Waals surface area contributed by atoms with Crippen LogP contribution in [0.25, 0.3) is 0 Å². The van der Waals surface area contributed by atoms with Gasteiger partial charge in [-0.3, -0.25) is 0 Å². The van der Waals surface area contributed by atoms with Crippen molar-refractivity contribution in [3.05, 3.63) is 22.3 Å². The lowest BCUT2D eigenvalue weighted by Crippen LogP contribution is -2.64. The van der Waals surface area contributed by atoms with Gasteiger partial charge in [-0.1, -0.05) is 0 Å². The summed E-state index contributed by atoms with van der Waals surface area (Å²) in [5.41, 5.74) is -10.9. The van der Waals surface area contributed by atoms with Crippen LogP contribution in [0.4, 0.5) is 26.3 Å². The van der Waals surface area contributed by atoms with Crippen molar-refractivity contribution in [3.8, 4) is 0 Å². The molecular weight excluding hydrogens is 522 g/mol. The fourth-order valence-corrected chi connectivity index (χ4v) is 9.35. The molecular formula is C22H16F6O9. The highest BCUT2D eigenvalue weighted by Gasteiger charge is 2.95. The van der Waals surface area contributed by atoms with Crippen LogP contribution >= 0.6 is 0 Å². The van der Waals surface area contributed by atoms with Crippen LogP contribution in [0.3, 0.4) is 0 Å². The van der Waals surface area contributed by atoms with Crippen LogP contribution in [0.15, 0.2) is 22.3 Å². The molecule has 4 N–H and O–H groups in total. The molecule has 15 heteroatoms. The van der Waals surface area contributed by atoms with E-state index in [4.69, 9.17) is 4.74 Å². The minimum absolute atomic E-state index is 0.586. The van der Waals surface area contributed by atoms with Crippen molar-refractivity contribution in [2.24, 2.45) is 47.3 Å². The molecule has 2 saturated heterocycles. The smallest absolute Gasteiger partial charge is 0.418 e. The number of aliphatic carboxylic acids is 4. The molecule has 0 aromatic rings. The number of hydrogen-bond donors (Lipinski definition) is 4. The molecule has 6 rings (SSSR count). The molecule has 4 aliphatic carbocycles. The maximum Gasteiger partial charge on any atom is 0.418 e. The number of hydrogen-bond acceptors (Lipinski definition) is 5. The number of fused-ring (bicyclic) bond motifs is 16. The van der Waals surface area contributed by atoms with E-state index in [0.29, 0.717) is 0 Å². The Balaban J connectivity index is 1.68. The van der Waals surface area contributed by atoms with E-state index in [1.807, 2.05) is 0 Å². The van der Waals surface area contributed by atoms with Crippen LogP contribution in [-0.4, -0.2) is 67.9 Å². The first-order chi connectivity index (χ1) is 16.9. The van der Waals surface area contributed by atoms with Crippen LogP contribution in [-0.2, 0) is 23.9 Å². The fraction of sp³-hybridized carbons (Fsp3) is 0.636. The molecule has 9 nitrogen and oxygen atoms in total. The maximum atomic E-state index is 15.0. The van der Waals surface area contributed by atoms with Gasteiger partial charge in [0.25, 0.3) is 0 Å². The molecule has 10 atom stereocenters. The molecule has 0 amide bonds. The lowest BCUT2D eigenvalue weighted by atomic mass is 9.49. The normalized spacial score (nSPS) is 45.0.